The Hall–Kier alpha value is -2.65. The van der Waals surface area contributed by atoms with Crippen molar-refractivity contribution in [3.05, 3.63) is 54.1 Å². The van der Waals surface area contributed by atoms with Crippen LogP contribution in [0.3, 0.4) is 0 Å². The molecule has 0 unspecified atom stereocenters. The quantitative estimate of drug-likeness (QED) is 0.593. The summed E-state index contributed by atoms with van der Waals surface area (Å²) in [6, 6.07) is 5.77. The highest BCUT2D eigenvalue weighted by Gasteiger charge is 2.16. The number of carbonyl (C=O) groups excluding carboxylic acids is 1. The molecule has 0 atom stereocenters. The van der Waals surface area contributed by atoms with Crippen LogP contribution in [0.1, 0.15) is 16.7 Å². The van der Waals surface area contributed by atoms with Crippen LogP contribution in [0.4, 0.5) is 0 Å². The van der Waals surface area contributed by atoms with E-state index in [2.05, 4.69) is 12.3 Å². The predicted molar refractivity (Wildman–Crippen MR) is 101 cm³/mol. The lowest BCUT2D eigenvalue weighted by Gasteiger charge is -2.00. The zero-order valence-corrected chi connectivity index (χ0v) is 15.5. The Labute approximate surface area is 152 Å². The Morgan fingerprint density at radius 3 is 2.76 bits per heavy atom. The van der Waals surface area contributed by atoms with Gasteiger partial charge in [-0.1, -0.05) is 18.4 Å². The smallest absolute Gasteiger partial charge is 0.352 e. The molecule has 2 aromatic heterocycles. The second-order valence-corrected chi connectivity index (χ2v) is 7.22. The standard InChI is InChI=1S/C18H16N2O3S2/c1-4-10-23-18(22)14(11-19)17-20(5-2)16(21)15(25-17)9-8-13-7-6-12(3)24-13/h4,6-8H,1,5,10H2,2-3H3/b17-14-. The lowest BCUT2D eigenvalue weighted by molar-refractivity contribution is -0.135. The molecule has 2 rings (SSSR count). The first kappa shape index (κ1) is 18.7. The van der Waals surface area contributed by atoms with E-state index in [0.717, 1.165) is 21.1 Å². The lowest BCUT2D eigenvalue weighted by Crippen LogP contribution is -2.32. The number of aryl methyl sites for hydroxylation is 1. The topological polar surface area (TPSA) is 72.1 Å². The van der Waals surface area contributed by atoms with E-state index in [-0.39, 0.29) is 22.4 Å². The third-order valence-electron chi connectivity index (χ3n) is 3.17. The minimum absolute atomic E-state index is 0.00234. The van der Waals surface area contributed by atoms with E-state index in [0.29, 0.717) is 11.1 Å². The number of ether oxygens (including phenoxy) is 1. The summed E-state index contributed by atoms with van der Waals surface area (Å²) in [5, 5.41) is 9.33. The van der Waals surface area contributed by atoms with E-state index < -0.39 is 5.97 Å². The summed E-state index contributed by atoms with van der Waals surface area (Å²) in [6.07, 6.45) is 3.15. The number of thiazole rings is 1. The number of hydrogen-bond acceptors (Lipinski definition) is 6. The fourth-order valence-electron chi connectivity index (χ4n) is 2.03. The van der Waals surface area contributed by atoms with Crippen LogP contribution in [0.2, 0.25) is 0 Å². The molecule has 0 aliphatic carbocycles. The van der Waals surface area contributed by atoms with E-state index >= 15 is 0 Å². The van der Waals surface area contributed by atoms with Crippen LogP contribution >= 0.6 is 22.7 Å². The molecule has 0 saturated heterocycles. The SMILES string of the molecule is C=CCOC(=O)/C(C#N)=c1\sc(=C=Cc2ccc(C)s2)c(=O)n1CC. The van der Waals surface area contributed by atoms with Gasteiger partial charge < -0.3 is 4.74 Å². The molecular weight excluding hydrogens is 356 g/mol. The lowest BCUT2D eigenvalue weighted by atomic mass is 10.3. The maximum Gasteiger partial charge on any atom is 0.352 e. The molecule has 2 heterocycles. The van der Waals surface area contributed by atoms with Gasteiger partial charge in [0, 0.05) is 16.3 Å². The molecule has 0 N–H and O–H groups in total. The van der Waals surface area contributed by atoms with Gasteiger partial charge in [0.25, 0.3) is 5.56 Å². The van der Waals surface area contributed by atoms with Gasteiger partial charge in [0.1, 0.15) is 21.9 Å². The maximum atomic E-state index is 12.5. The first-order valence-corrected chi connectivity index (χ1v) is 9.10. The van der Waals surface area contributed by atoms with Crippen molar-refractivity contribution in [2.75, 3.05) is 6.61 Å². The predicted octanol–water partition coefficient (Wildman–Crippen LogP) is 1.80. The normalized spacial score (nSPS) is 11.2. The molecule has 0 bridgehead atoms. The van der Waals surface area contributed by atoms with Crippen LogP contribution in [-0.2, 0) is 16.1 Å². The van der Waals surface area contributed by atoms with Gasteiger partial charge in [-0.25, -0.2) is 4.79 Å². The number of thiophene rings is 1. The van der Waals surface area contributed by atoms with Gasteiger partial charge in [0.15, 0.2) is 5.57 Å². The van der Waals surface area contributed by atoms with Crippen molar-refractivity contribution in [3.8, 4) is 6.07 Å². The van der Waals surface area contributed by atoms with E-state index in [1.54, 1.807) is 24.3 Å². The summed E-state index contributed by atoms with van der Waals surface area (Å²) >= 11 is 2.65. The first-order chi connectivity index (χ1) is 12.0. The van der Waals surface area contributed by atoms with Crippen molar-refractivity contribution in [1.29, 1.82) is 5.26 Å². The number of rotatable bonds is 5. The fourth-order valence-corrected chi connectivity index (χ4v) is 3.85. The third kappa shape index (κ3) is 4.25. The van der Waals surface area contributed by atoms with Gasteiger partial charge in [0.05, 0.1) is 0 Å². The number of hydrogen-bond donors (Lipinski definition) is 0. The van der Waals surface area contributed by atoms with Crippen molar-refractivity contribution in [3.63, 3.8) is 0 Å². The fraction of sp³-hybridized carbons (Fsp3) is 0.222. The molecule has 7 heteroatoms. The van der Waals surface area contributed by atoms with Gasteiger partial charge in [0.2, 0.25) is 0 Å². The van der Waals surface area contributed by atoms with E-state index in [4.69, 9.17) is 4.74 Å². The number of nitriles is 1. The molecule has 0 aliphatic rings. The summed E-state index contributed by atoms with van der Waals surface area (Å²) in [7, 11) is 0. The third-order valence-corrected chi connectivity index (χ3v) is 5.23. The minimum atomic E-state index is -0.768. The Kier molecular flexibility index (Phi) is 6.31. The molecule has 0 amide bonds. The Morgan fingerprint density at radius 1 is 1.44 bits per heavy atom. The first-order valence-electron chi connectivity index (χ1n) is 7.47. The van der Waals surface area contributed by atoms with Crippen LogP contribution in [0.25, 0.3) is 17.4 Å². The molecule has 2 aromatic rings. The molecule has 5 nitrogen and oxygen atoms in total. The molecule has 0 saturated carbocycles. The van der Waals surface area contributed by atoms with Crippen LogP contribution in [0.15, 0.2) is 29.6 Å². The number of nitrogens with zero attached hydrogens (tertiary/aromatic N) is 2. The van der Waals surface area contributed by atoms with Crippen LogP contribution in [-0.4, -0.2) is 17.1 Å². The van der Waals surface area contributed by atoms with Crippen LogP contribution in [0.5, 0.6) is 0 Å². The monoisotopic (exact) mass is 372 g/mol. The van der Waals surface area contributed by atoms with Gasteiger partial charge in [-0.05, 0) is 32.1 Å². The van der Waals surface area contributed by atoms with Crippen LogP contribution < -0.4 is 14.8 Å². The highest BCUT2D eigenvalue weighted by molar-refractivity contribution is 7.12. The molecule has 0 fully saturated rings. The molecule has 0 spiro atoms. The van der Waals surface area contributed by atoms with Gasteiger partial charge >= 0.3 is 5.97 Å². The van der Waals surface area contributed by atoms with E-state index in [1.165, 1.54) is 10.6 Å². The van der Waals surface area contributed by atoms with Gasteiger partial charge in [-0.3, -0.25) is 9.36 Å². The van der Waals surface area contributed by atoms with Gasteiger partial charge in [-0.15, -0.1) is 22.7 Å². The molecular formula is C18H16N2O3S2. The second-order valence-electron chi connectivity index (χ2n) is 4.90. The zero-order chi connectivity index (χ0) is 18.4. The van der Waals surface area contributed by atoms with E-state index in [9.17, 15) is 14.9 Å². The Balaban J connectivity index is 2.69. The Morgan fingerprint density at radius 2 is 2.20 bits per heavy atom. The molecule has 0 aliphatic heterocycles. The number of esters is 1. The maximum absolute atomic E-state index is 12.5. The summed E-state index contributed by atoms with van der Waals surface area (Å²) in [4.78, 5) is 26.7. The van der Waals surface area contributed by atoms with Crippen molar-refractivity contribution in [2.45, 2.75) is 20.4 Å². The number of carbonyl (C=O) groups is 1. The number of aromatic nitrogens is 1. The van der Waals surface area contributed by atoms with Crippen molar-refractivity contribution < 1.29 is 9.53 Å². The summed E-state index contributed by atoms with van der Waals surface area (Å²) in [5.74, 6) is -0.768. The van der Waals surface area contributed by atoms with Crippen molar-refractivity contribution >= 4 is 46.0 Å². The van der Waals surface area contributed by atoms with Gasteiger partial charge in [-0.2, -0.15) is 5.26 Å². The largest absolute Gasteiger partial charge is 0.457 e. The van der Waals surface area contributed by atoms with Crippen LogP contribution in [0, 0.1) is 18.3 Å². The second kappa shape index (κ2) is 8.45. The molecule has 25 heavy (non-hydrogen) atoms. The molecule has 128 valence electrons. The average molecular weight is 372 g/mol. The zero-order valence-electron chi connectivity index (χ0n) is 13.9. The van der Waals surface area contributed by atoms with Crippen molar-refractivity contribution in [2.24, 2.45) is 0 Å². The van der Waals surface area contributed by atoms with E-state index in [1.807, 2.05) is 25.1 Å². The molecule has 0 aromatic carbocycles. The minimum Gasteiger partial charge on any atom is -0.457 e. The summed E-state index contributed by atoms with van der Waals surface area (Å²) in [5.41, 5.74) is 2.51. The molecule has 0 radical (unpaired) electrons. The highest BCUT2D eigenvalue weighted by atomic mass is 32.1. The summed E-state index contributed by atoms with van der Waals surface area (Å²) < 4.78 is 6.93. The summed E-state index contributed by atoms with van der Waals surface area (Å²) in [6.45, 7) is 7.58. The Bertz CT molecular complexity index is 1060. The average Bonchev–Trinajstić information content (AvgIpc) is 3.15. The highest BCUT2D eigenvalue weighted by Crippen LogP contribution is 2.15. The van der Waals surface area contributed by atoms with Crippen molar-refractivity contribution in [1.82, 2.24) is 4.57 Å².